The number of carbonyl (C=O) groups excluding carboxylic acids is 1. The highest BCUT2D eigenvalue weighted by molar-refractivity contribution is 6.07. The Morgan fingerprint density at radius 1 is 1.10 bits per heavy atom. The molecule has 3 aromatic rings. The van der Waals surface area contributed by atoms with E-state index in [1.807, 2.05) is 0 Å². The summed E-state index contributed by atoms with van der Waals surface area (Å²) in [6.45, 7) is 1.11. The minimum Gasteiger partial charge on any atom is -0.457 e. The summed E-state index contributed by atoms with van der Waals surface area (Å²) >= 11 is 0. The van der Waals surface area contributed by atoms with Crippen LogP contribution in [0.25, 0.3) is 10.8 Å². The van der Waals surface area contributed by atoms with E-state index in [1.54, 1.807) is 36.4 Å². The van der Waals surface area contributed by atoms with Gasteiger partial charge in [-0.15, -0.1) is 0 Å². The Bertz CT molecular complexity index is 1140. The Hall–Kier alpha value is -3.23. The first-order valence-corrected chi connectivity index (χ1v) is 9.66. The summed E-state index contributed by atoms with van der Waals surface area (Å²) in [5.74, 6) is 0.355. The average Bonchev–Trinajstić information content (AvgIpc) is 2.71. The van der Waals surface area contributed by atoms with Gasteiger partial charge in [0, 0.05) is 30.0 Å². The molecule has 1 heterocycles. The van der Waals surface area contributed by atoms with E-state index >= 15 is 0 Å². The molecule has 8 heteroatoms. The molecular formula is C23H19F3N2O3. The molecule has 31 heavy (non-hydrogen) atoms. The van der Waals surface area contributed by atoms with Gasteiger partial charge in [-0.3, -0.25) is 4.79 Å². The highest BCUT2D eigenvalue weighted by atomic mass is 19.4. The van der Waals surface area contributed by atoms with E-state index in [4.69, 9.17) is 4.74 Å². The van der Waals surface area contributed by atoms with Gasteiger partial charge in [0.25, 0.3) is 5.91 Å². The Morgan fingerprint density at radius 2 is 1.84 bits per heavy atom. The number of rotatable bonds is 5. The quantitative estimate of drug-likeness (QED) is 0.590. The summed E-state index contributed by atoms with van der Waals surface area (Å²) < 4.78 is 44.0. The normalized spacial score (nSPS) is 15.0. The van der Waals surface area contributed by atoms with Crippen LogP contribution in [0, 0.1) is 5.92 Å². The number of halogens is 3. The van der Waals surface area contributed by atoms with Crippen molar-refractivity contribution in [1.82, 2.24) is 5.32 Å². The molecule has 160 valence electrons. The van der Waals surface area contributed by atoms with Crippen LogP contribution in [0.3, 0.4) is 0 Å². The van der Waals surface area contributed by atoms with Crippen LogP contribution in [-0.4, -0.2) is 36.4 Å². The molecule has 4 rings (SSSR count). The van der Waals surface area contributed by atoms with Crippen LogP contribution in [0.1, 0.15) is 15.9 Å². The van der Waals surface area contributed by atoms with Gasteiger partial charge in [0.15, 0.2) is 0 Å². The molecule has 5 nitrogen and oxygen atoms in total. The first-order chi connectivity index (χ1) is 14.8. The molecule has 0 unspecified atom stereocenters. The number of benzene rings is 3. The average molecular weight is 428 g/mol. The summed E-state index contributed by atoms with van der Waals surface area (Å²) in [5, 5.41) is 14.0. The van der Waals surface area contributed by atoms with Crippen molar-refractivity contribution in [2.45, 2.75) is 6.18 Å². The minimum atomic E-state index is -4.41. The second kappa shape index (κ2) is 8.49. The second-order valence-corrected chi connectivity index (χ2v) is 7.24. The number of nitrogens with zero attached hydrogens (tertiary/aromatic N) is 1. The molecule has 0 radical (unpaired) electrons. The number of carbonyl (C=O) groups is 1. The first-order valence-electron chi connectivity index (χ1n) is 9.66. The van der Waals surface area contributed by atoms with Crippen LogP contribution >= 0.6 is 0 Å². The maximum atomic E-state index is 12.7. The fraction of sp³-hybridized carbons (Fsp3) is 0.217. The number of aliphatic imine (C=N–C) groups is 1. The zero-order valence-electron chi connectivity index (χ0n) is 16.3. The largest absolute Gasteiger partial charge is 0.457 e. The molecule has 1 aliphatic heterocycles. The van der Waals surface area contributed by atoms with Gasteiger partial charge < -0.3 is 15.2 Å². The number of aliphatic hydroxyl groups excluding tert-OH is 1. The number of amides is 1. The van der Waals surface area contributed by atoms with Crippen molar-refractivity contribution in [2.75, 3.05) is 19.7 Å². The second-order valence-electron chi connectivity index (χ2n) is 7.24. The summed E-state index contributed by atoms with van der Waals surface area (Å²) in [7, 11) is 0. The van der Waals surface area contributed by atoms with Crippen LogP contribution in [0.4, 0.5) is 13.2 Å². The van der Waals surface area contributed by atoms with E-state index in [1.165, 1.54) is 12.1 Å². The summed E-state index contributed by atoms with van der Waals surface area (Å²) in [6.07, 6.45) is -4.41. The highest BCUT2D eigenvalue weighted by Gasteiger charge is 2.30. The summed E-state index contributed by atoms with van der Waals surface area (Å²) in [6, 6.07) is 14.7. The molecule has 1 amide bonds. The van der Waals surface area contributed by atoms with E-state index in [0.717, 1.165) is 17.5 Å². The van der Waals surface area contributed by atoms with Crippen LogP contribution in [0.2, 0.25) is 0 Å². The van der Waals surface area contributed by atoms with Crippen LogP contribution in [0.15, 0.2) is 65.7 Å². The van der Waals surface area contributed by atoms with Crippen molar-refractivity contribution >= 4 is 22.4 Å². The van der Waals surface area contributed by atoms with Gasteiger partial charge in [-0.25, -0.2) is 4.99 Å². The Labute approximate surface area is 176 Å². The maximum absolute atomic E-state index is 12.7. The molecule has 0 atom stereocenters. The Morgan fingerprint density at radius 3 is 2.45 bits per heavy atom. The fourth-order valence-corrected chi connectivity index (χ4v) is 3.29. The van der Waals surface area contributed by atoms with E-state index in [0.29, 0.717) is 35.5 Å². The van der Waals surface area contributed by atoms with Gasteiger partial charge in [-0.1, -0.05) is 12.1 Å². The third-order valence-electron chi connectivity index (χ3n) is 5.16. The van der Waals surface area contributed by atoms with Gasteiger partial charge in [0.2, 0.25) is 0 Å². The van der Waals surface area contributed by atoms with Crippen molar-refractivity contribution in [1.29, 1.82) is 0 Å². The zero-order valence-corrected chi connectivity index (χ0v) is 16.3. The van der Waals surface area contributed by atoms with Crippen molar-refractivity contribution in [3.8, 4) is 11.5 Å². The molecule has 1 aliphatic rings. The third-order valence-corrected chi connectivity index (χ3v) is 5.16. The topological polar surface area (TPSA) is 70.9 Å². The fourth-order valence-electron chi connectivity index (χ4n) is 3.29. The highest BCUT2D eigenvalue weighted by Crippen LogP contribution is 2.33. The number of hydrogen-bond acceptors (Lipinski definition) is 4. The molecule has 0 aliphatic carbocycles. The molecule has 0 bridgehead atoms. The Balaban J connectivity index is 1.58. The number of fused-ring (bicyclic) bond motifs is 1. The van der Waals surface area contributed by atoms with Crippen molar-refractivity contribution < 1.29 is 27.8 Å². The van der Waals surface area contributed by atoms with Crippen molar-refractivity contribution in [2.24, 2.45) is 10.9 Å². The lowest BCUT2D eigenvalue weighted by atomic mass is 9.97. The number of alkyl halides is 3. The van der Waals surface area contributed by atoms with E-state index in [2.05, 4.69) is 10.3 Å². The van der Waals surface area contributed by atoms with Gasteiger partial charge >= 0.3 is 6.18 Å². The monoisotopic (exact) mass is 428 g/mol. The molecule has 0 spiro atoms. The molecular weight excluding hydrogens is 409 g/mol. The number of aliphatic hydroxyl groups is 1. The predicted octanol–water partition coefficient (Wildman–Crippen LogP) is 4.44. The lowest BCUT2D eigenvalue weighted by Gasteiger charge is -2.27. The van der Waals surface area contributed by atoms with Crippen LogP contribution in [0.5, 0.6) is 11.5 Å². The molecule has 1 fully saturated rings. The van der Waals surface area contributed by atoms with E-state index in [9.17, 15) is 23.1 Å². The lowest BCUT2D eigenvalue weighted by Crippen LogP contribution is -2.47. The number of ether oxygens (including phenoxy) is 1. The van der Waals surface area contributed by atoms with Crippen molar-refractivity contribution in [3.63, 3.8) is 0 Å². The third kappa shape index (κ3) is 4.60. The lowest BCUT2D eigenvalue weighted by molar-refractivity contribution is -0.137. The van der Waals surface area contributed by atoms with Crippen molar-refractivity contribution in [3.05, 3.63) is 71.8 Å². The van der Waals surface area contributed by atoms with Gasteiger partial charge in [-0.05, 0) is 53.9 Å². The minimum absolute atomic E-state index is 0.0677. The van der Waals surface area contributed by atoms with E-state index < -0.39 is 17.6 Å². The predicted molar refractivity (Wildman–Crippen MR) is 111 cm³/mol. The molecule has 0 aromatic heterocycles. The van der Waals surface area contributed by atoms with Gasteiger partial charge in [0.05, 0.1) is 17.9 Å². The Kier molecular flexibility index (Phi) is 5.75. The SMILES string of the molecule is O=C(N=C(CO)C1CNC1)c1ccc2c(Oc3ccc(C(F)(F)F)cc3)cccc2c1. The summed E-state index contributed by atoms with van der Waals surface area (Å²) in [5.41, 5.74) is 0.0852. The van der Waals surface area contributed by atoms with Gasteiger partial charge in [0.1, 0.15) is 11.5 Å². The standard InChI is InChI=1S/C23H19F3N2O3/c24-23(25,26)17-5-7-18(8-6-17)31-21-3-1-2-14-10-15(4-9-19(14)21)22(30)28-20(13-29)16-11-27-12-16/h1-10,16,27,29H,11-13H2. The van der Waals surface area contributed by atoms with Gasteiger partial charge in [-0.2, -0.15) is 13.2 Å². The van der Waals surface area contributed by atoms with Crippen LogP contribution < -0.4 is 10.1 Å². The molecule has 2 N–H and O–H groups in total. The first kappa shape index (κ1) is 21.0. The molecule has 0 saturated carbocycles. The smallest absolute Gasteiger partial charge is 0.416 e. The summed E-state index contributed by atoms with van der Waals surface area (Å²) in [4.78, 5) is 16.6. The zero-order chi connectivity index (χ0) is 22.0. The number of hydrogen-bond donors (Lipinski definition) is 2. The van der Waals surface area contributed by atoms with Crippen LogP contribution in [-0.2, 0) is 6.18 Å². The molecule has 1 saturated heterocycles. The maximum Gasteiger partial charge on any atom is 0.416 e. The molecule has 3 aromatic carbocycles. The van der Waals surface area contributed by atoms with E-state index in [-0.39, 0.29) is 18.3 Å². The number of nitrogens with one attached hydrogen (secondary N) is 1.